The molecular weight excluding hydrogens is 467 g/mol. The van der Waals surface area contributed by atoms with Crippen molar-refractivity contribution in [1.82, 2.24) is 10.2 Å². The zero-order chi connectivity index (χ0) is 18.8. The number of piperidine rings is 1. The summed E-state index contributed by atoms with van der Waals surface area (Å²) in [5.41, 5.74) is 0.110. The highest BCUT2D eigenvalue weighted by Crippen LogP contribution is 2.15. The van der Waals surface area contributed by atoms with Crippen LogP contribution in [0.3, 0.4) is 0 Å². The van der Waals surface area contributed by atoms with Gasteiger partial charge in [0.25, 0.3) is 0 Å². The number of likely N-dealkylation sites (tertiary alicyclic amines) is 1. The summed E-state index contributed by atoms with van der Waals surface area (Å²) in [4.78, 5) is 6.45. The van der Waals surface area contributed by atoms with E-state index in [2.05, 4.69) is 15.2 Å². The first-order valence-electron chi connectivity index (χ1n) is 9.14. The molecule has 0 radical (unpaired) electrons. The van der Waals surface area contributed by atoms with E-state index in [1.165, 1.54) is 18.2 Å². The summed E-state index contributed by atoms with van der Waals surface area (Å²) >= 11 is 0. The van der Waals surface area contributed by atoms with Crippen LogP contribution in [0.5, 0.6) is 0 Å². The molecule has 1 heterocycles. The molecule has 1 aliphatic heterocycles. The Kier molecular flexibility index (Phi) is 11.8. The van der Waals surface area contributed by atoms with Crippen LogP contribution in [0.1, 0.15) is 24.8 Å². The smallest absolute Gasteiger partial charge is 0.193 e. The molecule has 2 rings (SSSR count). The van der Waals surface area contributed by atoms with E-state index in [1.54, 1.807) is 14.2 Å². The van der Waals surface area contributed by atoms with Crippen LogP contribution in [-0.4, -0.2) is 64.0 Å². The maximum atomic E-state index is 13.7. The molecule has 1 saturated heterocycles. The van der Waals surface area contributed by atoms with Crippen molar-refractivity contribution < 1.29 is 18.3 Å². The Bertz CT molecular complexity index is 562. The molecule has 27 heavy (non-hydrogen) atoms. The van der Waals surface area contributed by atoms with Crippen molar-refractivity contribution in [2.75, 3.05) is 47.0 Å². The predicted molar refractivity (Wildman–Crippen MR) is 114 cm³/mol. The number of rotatable bonds is 8. The molecule has 0 aliphatic carbocycles. The number of benzene rings is 1. The number of ether oxygens (including phenoxy) is 2. The number of nitrogens with one attached hydrogen (secondary N) is 1. The van der Waals surface area contributed by atoms with E-state index in [9.17, 15) is 8.78 Å². The Morgan fingerprint density at radius 3 is 2.48 bits per heavy atom. The molecule has 1 aromatic carbocycles. The van der Waals surface area contributed by atoms with Gasteiger partial charge in [0.2, 0.25) is 0 Å². The van der Waals surface area contributed by atoms with Crippen LogP contribution < -0.4 is 5.32 Å². The average Bonchev–Trinajstić information content (AvgIpc) is 2.65. The van der Waals surface area contributed by atoms with Gasteiger partial charge in [0.15, 0.2) is 5.96 Å². The second kappa shape index (κ2) is 13.2. The molecule has 1 fully saturated rings. The van der Waals surface area contributed by atoms with Crippen LogP contribution in [0.25, 0.3) is 0 Å². The number of nitrogens with zero attached hydrogens (tertiary/aromatic N) is 2. The van der Waals surface area contributed by atoms with Gasteiger partial charge in [-0.3, -0.25) is 4.99 Å². The lowest BCUT2D eigenvalue weighted by atomic mass is 10.1. The van der Waals surface area contributed by atoms with E-state index >= 15 is 0 Å². The van der Waals surface area contributed by atoms with E-state index in [-0.39, 0.29) is 42.1 Å². The number of guanidine groups is 1. The SMILES string of the molecule is CN=C(NCCc1c(F)cccc1F)N1CCC(OCCCOC)CC1.I. The normalized spacial score (nSPS) is 15.6. The van der Waals surface area contributed by atoms with Gasteiger partial charge in [-0.2, -0.15) is 0 Å². The fourth-order valence-electron chi connectivity index (χ4n) is 3.09. The van der Waals surface area contributed by atoms with Gasteiger partial charge >= 0.3 is 0 Å². The van der Waals surface area contributed by atoms with Crippen molar-refractivity contribution in [3.05, 3.63) is 35.4 Å². The van der Waals surface area contributed by atoms with Crippen LogP contribution in [-0.2, 0) is 15.9 Å². The first-order chi connectivity index (χ1) is 12.7. The summed E-state index contributed by atoms with van der Waals surface area (Å²) in [6.07, 6.45) is 3.34. The van der Waals surface area contributed by atoms with Gasteiger partial charge in [-0.05, 0) is 37.8 Å². The Hall–Kier alpha value is -1.00. The van der Waals surface area contributed by atoms with E-state index in [0.717, 1.165) is 51.5 Å². The standard InChI is InChI=1S/C19H29F2N3O2.HI/c1-22-19(23-10-7-16-17(20)5-3-6-18(16)21)24-11-8-15(9-12-24)26-14-4-13-25-2;/h3,5-6,15H,4,7-14H2,1-2H3,(H,22,23);1H. The molecular formula is C19H30F2IN3O2. The first-order valence-corrected chi connectivity index (χ1v) is 9.14. The lowest BCUT2D eigenvalue weighted by Crippen LogP contribution is -2.47. The number of methoxy groups -OCH3 is 1. The number of hydrogen-bond acceptors (Lipinski definition) is 3. The molecule has 0 atom stereocenters. The Morgan fingerprint density at radius 2 is 1.89 bits per heavy atom. The average molecular weight is 497 g/mol. The maximum Gasteiger partial charge on any atom is 0.193 e. The Balaban J connectivity index is 0.00000364. The first kappa shape index (κ1) is 24.0. The summed E-state index contributed by atoms with van der Waals surface area (Å²) in [7, 11) is 3.41. The molecule has 0 unspecified atom stereocenters. The third-order valence-corrected chi connectivity index (χ3v) is 4.52. The molecule has 0 bridgehead atoms. The molecule has 0 saturated carbocycles. The number of aliphatic imine (C=N–C) groups is 1. The van der Waals surface area contributed by atoms with Crippen LogP contribution in [0, 0.1) is 11.6 Å². The summed E-state index contributed by atoms with van der Waals surface area (Å²) < 4.78 is 38.2. The van der Waals surface area contributed by atoms with Crippen molar-refractivity contribution in [2.45, 2.75) is 31.8 Å². The Labute approximate surface area is 177 Å². The van der Waals surface area contributed by atoms with E-state index in [1.807, 2.05) is 0 Å². The highest BCUT2D eigenvalue weighted by atomic mass is 127. The van der Waals surface area contributed by atoms with Gasteiger partial charge in [-0.1, -0.05) is 6.07 Å². The van der Waals surface area contributed by atoms with Crippen molar-refractivity contribution in [2.24, 2.45) is 4.99 Å². The summed E-state index contributed by atoms with van der Waals surface area (Å²) in [6.45, 7) is 3.57. The van der Waals surface area contributed by atoms with Crippen LogP contribution >= 0.6 is 24.0 Å². The molecule has 5 nitrogen and oxygen atoms in total. The van der Waals surface area contributed by atoms with Gasteiger partial charge in [0.1, 0.15) is 11.6 Å². The van der Waals surface area contributed by atoms with E-state index < -0.39 is 11.6 Å². The minimum Gasteiger partial charge on any atom is -0.385 e. The van der Waals surface area contributed by atoms with Crippen molar-refractivity contribution in [1.29, 1.82) is 0 Å². The third kappa shape index (κ3) is 7.87. The number of hydrogen-bond donors (Lipinski definition) is 1. The lowest BCUT2D eigenvalue weighted by molar-refractivity contribution is 0.00991. The molecule has 0 amide bonds. The molecule has 0 spiro atoms. The summed E-state index contributed by atoms with van der Waals surface area (Å²) in [5.74, 6) is -0.249. The van der Waals surface area contributed by atoms with Crippen LogP contribution in [0.15, 0.2) is 23.2 Å². The van der Waals surface area contributed by atoms with Gasteiger partial charge < -0.3 is 19.7 Å². The minimum absolute atomic E-state index is 0. The van der Waals surface area contributed by atoms with Crippen molar-refractivity contribution >= 4 is 29.9 Å². The summed E-state index contributed by atoms with van der Waals surface area (Å²) in [6, 6.07) is 3.94. The van der Waals surface area contributed by atoms with Crippen LogP contribution in [0.2, 0.25) is 0 Å². The van der Waals surface area contributed by atoms with E-state index in [0.29, 0.717) is 6.54 Å². The molecule has 1 N–H and O–H groups in total. The molecule has 8 heteroatoms. The second-order valence-corrected chi connectivity index (χ2v) is 6.33. The quantitative estimate of drug-likeness (QED) is 0.260. The number of halogens is 3. The second-order valence-electron chi connectivity index (χ2n) is 6.33. The largest absolute Gasteiger partial charge is 0.385 e. The topological polar surface area (TPSA) is 46.1 Å². The minimum atomic E-state index is -0.506. The van der Waals surface area contributed by atoms with Crippen molar-refractivity contribution in [3.8, 4) is 0 Å². The zero-order valence-corrected chi connectivity index (χ0v) is 18.4. The Morgan fingerprint density at radius 1 is 1.22 bits per heavy atom. The van der Waals surface area contributed by atoms with Crippen molar-refractivity contribution in [3.63, 3.8) is 0 Å². The van der Waals surface area contributed by atoms with Gasteiger partial charge in [-0.15, -0.1) is 24.0 Å². The summed E-state index contributed by atoms with van der Waals surface area (Å²) in [5, 5.41) is 3.20. The molecule has 0 aromatic heterocycles. The van der Waals surface area contributed by atoms with Crippen LogP contribution in [0.4, 0.5) is 8.78 Å². The fraction of sp³-hybridized carbons (Fsp3) is 0.632. The van der Waals surface area contributed by atoms with Gasteiger partial charge in [0.05, 0.1) is 6.10 Å². The maximum absolute atomic E-state index is 13.7. The van der Waals surface area contributed by atoms with Gasteiger partial charge in [-0.25, -0.2) is 8.78 Å². The lowest BCUT2D eigenvalue weighted by Gasteiger charge is -2.34. The third-order valence-electron chi connectivity index (χ3n) is 4.52. The van der Waals surface area contributed by atoms with Gasteiger partial charge in [0, 0.05) is 52.6 Å². The predicted octanol–water partition coefficient (Wildman–Crippen LogP) is 3.22. The molecule has 1 aliphatic rings. The van der Waals surface area contributed by atoms with E-state index in [4.69, 9.17) is 9.47 Å². The zero-order valence-electron chi connectivity index (χ0n) is 16.0. The monoisotopic (exact) mass is 497 g/mol. The molecule has 154 valence electrons. The highest BCUT2D eigenvalue weighted by Gasteiger charge is 2.21. The fourth-order valence-corrected chi connectivity index (χ4v) is 3.09. The highest BCUT2D eigenvalue weighted by molar-refractivity contribution is 14.0. The molecule has 1 aromatic rings.